The lowest BCUT2D eigenvalue weighted by molar-refractivity contribution is 0.123. The number of nitrogens with zero attached hydrogens (tertiary/aromatic N) is 2. The van der Waals surface area contributed by atoms with Crippen LogP contribution in [0.3, 0.4) is 0 Å². The molecule has 3 heteroatoms. The van der Waals surface area contributed by atoms with Crippen molar-refractivity contribution in [1.29, 1.82) is 0 Å². The van der Waals surface area contributed by atoms with Gasteiger partial charge in [-0.2, -0.15) is 0 Å². The van der Waals surface area contributed by atoms with Crippen molar-refractivity contribution in [3.63, 3.8) is 0 Å². The number of aryl methyl sites for hydroxylation is 1. The van der Waals surface area contributed by atoms with Crippen LogP contribution < -0.4 is 0 Å². The summed E-state index contributed by atoms with van der Waals surface area (Å²) in [6.07, 6.45) is 5.28. The van der Waals surface area contributed by atoms with Gasteiger partial charge in [0.1, 0.15) is 5.82 Å². The van der Waals surface area contributed by atoms with Gasteiger partial charge in [0.15, 0.2) is 0 Å². The Bertz CT molecular complexity index is 488. The Labute approximate surface area is 127 Å². The molecule has 0 radical (unpaired) electrons. The fraction of sp³-hybridized carbons (Fsp3) is 0.667. The first kappa shape index (κ1) is 15.0. The fourth-order valence-corrected chi connectivity index (χ4v) is 3.83. The van der Waals surface area contributed by atoms with Crippen LogP contribution in [-0.2, 0) is 0 Å². The van der Waals surface area contributed by atoms with Crippen LogP contribution in [0.2, 0.25) is 0 Å². The second kappa shape index (κ2) is 6.45. The lowest BCUT2D eigenvalue weighted by atomic mass is 10.0. The molecule has 2 heterocycles. The highest BCUT2D eigenvalue weighted by Crippen LogP contribution is 2.27. The maximum atomic E-state index is 13.8. The Morgan fingerprint density at radius 2 is 1.95 bits per heavy atom. The number of fused-ring (bicyclic) bond motifs is 1. The average molecular weight is 290 g/mol. The number of rotatable bonds is 2. The molecular formula is C18H27FN2. The maximum Gasteiger partial charge on any atom is 0.126 e. The van der Waals surface area contributed by atoms with Crippen LogP contribution in [0.15, 0.2) is 18.2 Å². The Morgan fingerprint density at radius 1 is 1.14 bits per heavy atom. The minimum atomic E-state index is -0.0755. The predicted octanol–water partition coefficient (Wildman–Crippen LogP) is 3.76. The smallest absolute Gasteiger partial charge is 0.126 e. The van der Waals surface area contributed by atoms with Crippen LogP contribution >= 0.6 is 0 Å². The molecule has 0 spiro atoms. The van der Waals surface area contributed by atoms with Crippen LogP contribution in [0.25, 0.3) is 0 Å². The molecule has 0 aliphatic carbocycles. The third-order valence-corrected chi connectivity index (χ3v) is 5.31. The third-order valence-electron chi connectivity index (χ3n) is 5.31. The molecule has 0 bridgehead atoms. The molecule has 1 aromatic carbocycles. The third kappa shape index (κ3) is 3.29. The molecule has 2 aliphatic rings. The molecule has 3 rings (SSSR count). The van der Waals surface area contributed by atoms with Crippen molar-refractivity contribution in [3.8, 4) is 0 Å². The Hall–Kier alpha value is -0.930. The van der Waals surface area contributed by atoms with Crippen LogP contribution in [0, 0.1) is 12.7 Å². The number of benzene rings is 1. The molecule has 2 aliphatic heterocycles. The van der Waals surface area contributed by atoms with Crippen molar-refractivity contribution in [1.82, 2.24) is 9.80 Å². The second-order valence-electron chi connectivity index (χ2n) is 6.72. The van der Waals surface area contributed by atoms with E-state index in [9.17, 15) is 4.39 Å². The van der Waals surface area contributed by atoms with E-state index < -0.39 is 0 Å². The van der Waals surface area contributed by atoms with Crippen molar-refractivity contribution < 1.29 is 4.39 Å². The van der Waals surface area contributed by atoms with Crippen LogP contribution in [0.1, 0.15) is 49.8 Å². The molecule has 0 aromatic heterocycles. The first-order chi connectivity index (χ1) is 10.1. The summed E-state index contributed by atoms with van der Waals surface area (Å²) in [5.41, 5.74) is 1.85. The largest absolute Gasteiger partial charge is 0.299 e. The van der Waals surface area contributed by atoms with Gasteiger partial charge in [-0.1, -0.05) is 18.6 Å². The SMILES string of the molecule is Cc1ccc(C(C)N2CCCN3CCCCC3C2)cc1F. The Morgan fingerprint density at radius 3 is 2.76 bits per heavy atom. The highest BCUT2D eigenvalue weighted by atomic mass is 19.1. The van der Waals surface area contributed by atoms with Gasteiger partial charge in [-0.05, 0) is 63.4 Å². The zero-order valence-corrected chi connectivity index (χ0v) is 13.3. The predicted molar refractivity (Wildman–Crippen MR) is 85.0 cm³/mol. The average Bonchev–Trinajstić information content (AvgIpc) is 2.71. The quantitative estimate of drug-likeness (QED) is 0.818. The van der Waals surface area contributed by atoms with Crippen LogP contribution in [-0.4, -0.2) is 42.0 Å². The molecule has 2 unspecified atom stereocenters. The summed E-state index contributed by atoms with van der Waals surface area (Å²) in [6, 6.07) is 6.74. The molecule has 2 atom stereocenters. The van der Waals surface area contributed by atoms with E-state index in [0.717, 1.165) is 24.2 Å². The molecule has 0 amide bonds. The van der Waals surface area contributed by atoms with E-state index in [1.807, 2.05) is 13.0 Å². The zero-order valence-electron chi connectivity index (χ0n) is 13.3. The fourth-order valence-electron chi connectivity index (χ4n) is 3.83. The van der Waals surface area contributed by atoms with E-state index in [0.29, 0.717) is 12.1 Å². The number of piperidine rings is 1. The summed E-state index contributed by atoms with van der Waals surface area (Å²) in [6.45, 7) is 8.82. The molecule has 0 saturated carbocycles. The summed E-state index contributed by atoms with van der Waals surface area (Å²) < 4.78 is 13.8. The van der Waals surface area contributed by atoms with E-state index in [-0.39, 0.29) is 5.82 Å². The monoisotopic (exact) mass is 290 g/mol. The molecule has 2 fully saturated rings. The van der Waals surface area contributed by atoms with Gasteiger partial charge in [0, 0.05) is 25.2 Å². The normalized spacial score (nSPS) is 26.1. The van der Waals surface area contributed by atoms with Crippen molar-refractivity contribution in [2.24, 2.45) is 0 Å². The Balaban J connectivity index is 1.73. The van der Waals surface area contributed by atoms with E-state index in [4.69, 9.17) is 0 Å². The van der Waals surface area contributed by atoms with Crippen molar-refractivity contribution >= 4 is 0 Å². The zero-order chi connectivity index (χ0) is 14.8. The lowest BCUT2D eigenvalue weighted by Gasteiger charge is -2.37. The summed E-state index contributed by atoms with van der Waals surface area (Å²) in [4.78, 5) is 5.23. The molecule has 2 nitrogen and oxygen atoms in total. The topological polar surface area (TPSA) is 6.48 Å². The van der Waals surface area contributed by atoms with E-state index in [1.165, 1.54) is 38.8 Å². The lowest BCUT2D eigenvalue weighted by Crippen LogP contribution is -2.44. The molecule has 0 N–H and O–H groups in total. The van der Waals surface area contributed by atoms with Gasteiger partial charge in [0.05, 0.1) is 0 Å². The van der Waals surface area contributed by atoms with Crippen LogP contribution in [0.4, 0.5) is 4.39 Å². The van der Waals surface area contributed by atoms with Gasteiger partial charge >= 0.3 is 0 Å². The number of hydrogen-bond acceptors (Lipinski definition) is 2. The van der Waals surface area contributed by atoms with Crippen molar-refractivity contribution in [2.45, 2.75) is 51.6 Å². The Kier molecular flexibility index (Phi) is 4.60. The first-order valence-corrected chi connectivity index (χ1v) is 8.39. The summed E-state index contributed by atoms with van der Waals surface area (Å²) in [5, 5.41) is 0. The van der Waals surface area contributed by atoms with Crippen molar-refractivity contribution in [2.75, 3.05) is 26.2 Å². The van der Waals surface area contributed by atoms with E-state index >= 15 is 0 Å². The molecule has 2 saturated heterocycles. The van der Waals surface area contributed by atoms with Gasteiger partial charge < -0.3 is 0 Å². The van der Waals surface area contributed by atoms with Gasteiger partial charge in [0.2, 0.25) is 0 Å². The molecule has 21 heavy (non-hydrogen) atoms. The van der Waals surface area contributed by atoms with Crippen molar-refractivity contribution in [3.05, 3.63) is 35.1 Å². The summed E-state index contributed by atoms with van der Waals surface area (Å²) >= 11 is 0. The highest BCUT2D eigenvalue weighted by molar-refractivity contribution is 5.25. The number of hydrogen-bond donors (Lipinski definition) is 0. The van der Waals surface area contributed by atoms with Gasteiger partial charge in [-0.15, -0.1) is 0 Å². The second-order valence-corrected chi connectivity index (χ2v) is 6.72. The molecule has 116 valence electrons. The summed E-state index contributed by atoms with van der Waals surface area (Å²) in [5.74, 6) is -0.0755. The van der Waals surface area contributed by atoms with E-state index in [1.54, 1.807) is 6.07 Å². The molecular weight excluding hydrogens is 263 g/mol. The van der Waals surface area contributed by atoms with Gasteiger partial charge in [-0.3, -0.25) is 9.80 Å². The van der Waals surface area contributed by atoms with E-state index in [2.05, 4.69) is 22.8 Å². The number of halogens is 1. The first-order valence-electron chi connectivity index (χ1n) is 8.39. The van der Waals surface area contributed by atoms with Crippen LogP contribution in [0.5, 0.6) is 0 Å². The maximum absolute atomic E-state index is 13.8. The molecule has 1 aromatic rings. The standard InChI is InChI=1S/C18H27FN2/c1-14-7-8-16(12-18(14)19)15(2)21-11-5-10-20-9-4-3-6-17(20)13-21/h7-8,12,15,17H,3-6,9-11,13H2,1-2H3. The van der Waals surface area contributed by atoms with Gasteiger partial charge in [0.25, 0.3) is 0 Å². The minimum absolute atomic E-state index is 0.0755. The minimum Gasteiger partial charge on any atom is -0.299 e. The van der Waals surface area contributed by atoms with Gasteiger partial charge in [-0.25, -0.2) is 4.39 Å². The highest BCUT2D eigenvalue weighted by Gasteiger charge is 2.29. The summed E-state index contributed by atoms with van der Waals surface area (Å²) in [7, 11) is 0.